The fourth-order valence-electron chi connectivity index (χ4n) is 3.49. The molecule has 0 spiro atoms. The zero-order chi connectivity index (χ0) is 21.2. The number of alkyl halides is 3. The van der Waals surface area contributed by atoms with Crippen LogP contribution in [0.3, 0.4) is 0 Å². The van der Waals surface area contributed by atoms with Crippen molar-refractivity contribution in [2.45, 2.75) is 31.5 Å². The van der Waals surface area contributed by atoms with Crippen LogP contribution in [0.15, 0.2) is 48.5 Å². The van der Waals surface area contributed by atoms with E-state index in [0.717, 1.165) is 29.2 Å². The largest absolute Gasteiger partial charge is 0.480 e. The summed E-state index contributed by atoms with van der Waals surface area (Å²) in [6.07, 6.45) is -6.38. The summed E-state index contributed by atoms with van der Waals surface area (Å²) in [6.45, 7) is 0.816. The Morgan fingerprint density at radius 3 is 2.07 bits per heavy atom. The number of ether oxygens (including phenoxy) is 1. The fourth-order valence-corrected chi connectivity index (χ4v) is 3.49. The monoisotopic (exact) mass is 407 g/mol. The molecule has 0 saturated heterocycles. The number of hydrogen-bond acceptors (Lipinski definition) is 3. The molecule has 0 fully saturated rings. The quantitative estimate of drug-likeness (QED) is 0.736. The van der Waals surface area contributed by atoms with Gasteiger partial charge < -0.3 is 15.2 Å². The topological polar surface area (TPSA) is 75.6 Å². The molecular weight excluding hydrogens is 387 g/mol. The Labute approximate surface area is 165 Å². The van der Waals surface area contributed by atoms with E-state index in [1.807, 2.05) is 53.8 Å². The van der Waals surface area contributed by atoms with E-state index in [-0.39, 0.29) is 12.5 Å². The van der Waals surface area contributed by atoms with Crippen LogP contribution in [-0.4, -0.2) is 36.0 Å². The number of alkyl carbamates (subject to hydrolysis) is 1. The highest BCUT2D eigenvalue weighted by Crippen LogP contribution is 2.44. The molecule has 2 N–H and O–H groups in total. The van der Waals surface area contributed by atoms with Gasteiger partial charge in [0.25, 0.3) is 0 Å². The maximum absolute atomic E-state index is 12.7. The zero-order valence-electron chi connectivity index (χ0n) is 15.6. The highest BCUT2D eigenvalue weighted by molar-refractivity contribution is 5.81. The van der Waals surface area contributed by atoms with Crippen LogP contribution in [-0.2, 0) is 9.53 Å². The van der Waals surface area contributed by atoms with Crippen molar-refractivity contribution in [1.29, 1.82) is 0 Å². The summed E-state index contributed by atoms with van der Waals surface area (Å²) in [5.74, 6) is -3.65. The molecule has 0 unspecified atom stereocenters. The molecule has 2 aromatic carbocycles. The number of carbonyl (C=O) groups excluding carboxylic acids is 1. The first-order valence-corrected chi connectivity index (χ1v) is 9.09. The van der Waals surface area contributed by atoms with Crippen LogP contribution in [0, 0.1) is 5.92 Å². The van der Waals surface area contributed by atoms with E-state index in [1.54, 1.807) is 0 Å². The van der Waals surface area contributed by atoms with E-state index >= 15 is 0 Å². The number of fused-ring (bicyclic) bond motifs is 3. The Hall–Kier alpha value is -3.03. The van der Waals surface area contributed by atoms with E-state index < -0.39 is 36.6 Å². The van der Waals surface area contributed by atoms with E-state index in [1.165, 1.54) is 0 Å². The molecule has 2 atom stereocenters. The average molecular weight is 407 g/mol. The van der Waals surface area contributed by atoms with Gasteiger partial charge in [-0.3, -0.25) is 0 Å². The van der Waals surface area contributed by atoms with Crippen molar-refractivity contribution in [2.75, 3.05) is 6.61 Å². The summed E-state index contributed by atoms with van der Waals surface area (Å²) in [4.78, 5) is 23.3. The second kappa shape index (κ2) is 8.14. The van der Waals surface area contributed by atoms with E-state index in [2.05, 4.69) is 0 Å². The lowest BCUT2D eigenvalue weighted by Crippen LogP contribution is -2.44. The number of aliphatic carboxylic acids is 1. The molecule has 0 aliphatic heterocycles. The van der Waals surface area contributed by atoms with Crippen LogP contribution >= 0.6 is 0 Å². The van der Waals surface area contributed by atoms with Crippen molar-refractivity contribution >= 4 is 12.1 Å². The third kappa shape index (κ3) is 4.52. The molecule has 0 heterocycles. The first kappa shape index (κ1) is 20.7. The van der Waals surface area contributed by atoms with Gasteiger partial charge in [-0.25, -0.2) is 9.59 Å². The number of halogens is 3. The minimum absolute atomic E-state index is 0.0545. The number of nitrogens with one attached hydrogen (secondary N) is 1. The standard InChI is InChI=1S/C21H20F3NO4/c1-12(21(22,23)24)10-18(19(26)27)25-20(28)29-11-17-15-8-4-2-6-13(15)14-7-3-5-9-16(14)17/h2-9,12,17-18H,10-11H2,1H3,(H,25,28)(H,26,27)/t12-,18+/m1/s1. The average Bonchev–Trinajstić information content (AvgIpc) is 2.99. The second-order valence-electron chi connectivity index (χ2n) is 7.04. The van der Waals surface area contributed by atoms with Gasteiger partial charge in [-0.05, 0) is 28.7 Å². The number of carboxylic acids is 1. The Bertz CT molecular complexity index is 867. The molecular formula is C21H20F3NO4. The molecule has 0 radical (unpaired) electrons. The van der Waals surface area contributed by atoms with Crippen molar-refractivity contribution in [3.8, 4) is 11.1 Å². The summed E-state index contributed by atoms with van der Waals surface area (Å²) < 4.78 is 43.3. The number of benzene rings is 2. The van der Waals surface area contributed by atoms with Crippen molar-refractivity contribution in [3.05, 3.63) is 59.7 Å². The third-order valence-electron chi connectivity index (χ3n) is 5.08. The molecule has 0 bridgehead atoms. The number of rotatable bonds is 6. The summed E-state index contributed by atoms with van der Waals surface area (Å²) >= 11 is 0. The maximum atomic E-state index is 12.7. The van der Waals surface area contributed by atoms with Crippen LogP contribution < -0.4 is 5.32 Å². The SMILES string of the molecule is C[C@H](C[C@H](NC(=O)OCC1c2ccccc2-c2ccccc21)C(=O)O)C(F)(F)F. The Morgan fingerprint density at radius 2 is 1.59 bits per heavy atom. The van der Waals surface area contributed by atoms with Crippen molar-refractivity contribution in [2.24, 2.45) is 5.92 Å². The van der Waals surface area contributed by atoms with Gasteiger partial charge >= 0.3 is 18.2 Å². The lowest BCUT2D eigenvalue weighted by atomic mass is 9.98. The van der Waals surface area contributed by atoms with Crippen LogP contribution in [0.5, 0.6) is 0 Å². The molecule has 0 saturated carbocycles. The van der Waals surface area contributed by atoms with Gasteiger partial charge in [0.2, 0.25) is 0 Å². The molecule has 2 aromatic rings. The van der Waals surface area contributed by atoms with Crippen LogP contribution in [0.4, 0.5) is 18.0 Å². The van der Waals surface area contributed by atoms with Gasteiger partial charge in [-0.2, -0.15) is 13.2 Å². The molecule has 154 valence electrons. The summed E-state index contributed by atoms with van der Waals surface area (Å²) in [5, 5.41) is 11.2. The smallest absolute Gasteiger partial charge is 0.407 e. The van der Waals surface area contributed by atoms with E-state index in [9.17, 15) is 22.8 Å². The number of carbonyl (C=O) groups is 2. The second-order valence-corrected chi connectivity index (χ2v) is 7.04. The van der Waals surface area contributed by atoms with E-state index in [4.69, 9.17) is 9.84 Å². The number of hydrogen-bond donors (Lipinski definition) is 2. The maximum Gasteiger partial charge on any atom is 0.407 e. The molecule has 5 nitrogen and oxygen atoms in total. The van der Waals surface area contributed by atoms with Gasteiger partial charge in [-0.1, -0.05) is 55.5 Å². The van der Waals surface area contributed by atoms with Gasteiger partial charge in [-0.15, -0.1) is 0 Å². The Morgan fingerprint density at radius 1 is 1.07 bits per heavy atom. The van der Waals surface area contributed by atoms with Crippen LogP contribution in [0.2, 0.25) is 0 Å². The minimum atomic E-state index is -4.55. The predicted molar refractivity (Wildman–Crippen MR) is 99.5 cm³/mol. The highest BCUT2D eigenvalue weighted by atomic mass is 19.4. The van der Waals surface area contributed by atoms with Gasteiger partial charge in [0.15, 0.2) is 0 Å². The molecule has 3 rings (SSSR count). The molecule has 1 aliphatic rings. The lowest BCUT2D eigenvalue weighted by molar-refractivity contribution is -0.174. The lowest BCUT2D eigenvalue weighted by Gasteiger charge is -2.21. The van der Waals surface area contributed by atoms with E-state index in [0.29, 0.717) is 0 Å². The minimum Gasteiger partial charge on any atom is -0.480 e. The highest BCUT2D eigenvalue weighted by Gasteiger charge is 2.39. The van der Waals surface area contributed by atoms with Crippen LogP contribution in [0.1, 0.15) is 30.4 Å². The van der Waals surface area contributed by atoms with Crippen molar-refractivity contribution < 1.29 is 32.6 Å². The predicted octanol–water partition coefficient (Wildman–Crippen LogP) is 4.57. The normalized spacial score (nSPS) is 15.2. The molecule has 0 aromatic heterocycles. The number of carboxylic acid groups (broad SMARTS) is 1. The first-order valence-electron chi connectivity index (χ1n) is 9.09. The fraction of sp³-hybridized carbons (Fsp3) is 0.333. The molecule has 29 heavy (non-hydrogen) atoms. The third-order valence-corrected chi connectivity index (χ3v) is 5.08. The zero-order valence-corrected chi connectivity index (χ0v) is 15.6. The Kier molecular flexibility index (Phi) is 5.81. The van der Waals surface area contributed by atoms with Crippen molar-refractivity contribution in [3.63, 3.8) is 0 Å². The summed E-state index contributed by atoms with van der Waals surface area (Å²) in [7, 11) is 0. The molecule has 1 aliphatic carbocycles. The van der Waals surface area contributed by atoms with Gasteiger partial charge in [0, 0.05) is 5.92 Å². The van der Waals surface area contributed by atoms with Crippen LogP contribution in [0.25, 0.3) is 11.1 Å². The van der Waals surface area contributed by atoms with Gasteiger partial charge in [0.05, 0.1) is 5.92 Å². The summed E-state index contributed by atoms with van der Waals surface area (Å²) in [6, 6.07) is 13.6. The first-order chi connectivity index (χ1) is 13.7. The summed E-state index contributed by atoms with van der Waals surface area (Å²) in [5.41, 5.74) is 4.00. The molecule has 8 heteroatoms. The van der Waals surface area contributed by atoms with Crippen molar-refractivity contribution in [1.82, 2.24) is 5.32 Å². The number of amides is 1. The Balaban J connectivity index is 1.67. The molecule has 1 amide bonds. The van der Waals surface area contributed by atoms with Gasteiger partial charge in [0.1, 0.15) is 12.6 Å².